The van der Waals surface area contributed by atoms with E-state index in [2.05, 4.69) is 0 Å². The molecular weight excluding hydrogens is 338 g/mol. The predicted octanol–water partition coefficient (Wildman–Crippen LogP) is 1.01. The Balaban J connectivity index is 2.42. The van der Waals surface area contributed by atoms with E-state index >= 15 is 0 Å². The number of Topliss-reactive ketones (excluding diaryl/α,β-unsaturated/α-hetero) is 1. The number of aliphatic hydroxyl groups is 1. The third kappa shape index (κ3) is 4.40. The minimum Gasteiger partial charge on any atom is -0.459 e. The van der Waals surface area contributed by atoms with Crippen molar-refractivity contribution in [2.75, 3.05) is 26.7 Å². The topological polar surface area (TPSA) is 93.1 Å². The highest BCUT2D eigenvalue weighted by atomic mass is 16.6. The zero-order chi connectivity index (χ0) is 19.5. The van der Waals surface area contributed by atoms with Crippen LogP contribution in [0.3, 0.4) is 0 Å². The van der Waals surface area contributed by atoms with E-state index in [9.17, 15) is 19.5 Å². The average Bonchev–Trinajstić information content (AvgIpc) is 2.59. The molecule has 1 fully saturated rings. The number of ketones is 1. The molecule has 0 radical (unpaired) electrons. The molecule has 2 aliphatic heterocycles. The van der Waals surface area contributed by atoms with Crippen molar-refractivity contribution in [3.63, 3.8) is 0 Å². The number of rotatable bonds is 0. The van der Waals surface area contributed by atoms with Crippen LogP contribution in [-0.2, 0) is 23.9 Å². The number of allylic oxidation sites excluding steroid dienone is 1. The van der Waals surface area contributed by atoms with Gasteiger partial charge in [-0.2, -0.15) is 0 Å². The molecule has 2 heterocycles. The number of likely N-dealkylation sites (N-methyl/N-ethyl adjacent to an activating group) is 1. The Kier molecular flexibility index (Phi) is 6.36. The van der Waals surface area contributed by atoms with Crippen LogP contribution in [0.1, 0.15) is 33.6 Å². The number of hydrogen-bond acceptors (Lipinski definition) is 7. The maximum absolute atomic E-state index is 12.8. The van der Waals surface area contributed by atoms with Gasteiger partial charge >= 0.3 is 11.9 Å². The average molecular weight is 365 g/mol. The van der Waals surface area contributed by atoms with Crippen LogP contribution >= 0.6 is 0 Å². The first kappa shape index (κ1) is 20.3. The minimum atomic E-state index is -1.78. The van der Waals surface area contributed by atoms with Crippen LogP contribution < -0.4 is 0 Å². The lowest BCUT2D eigenvalue weighted by molar-refractivity contribution is -0.169. The Morgan fingerprint density at radius 2 is 2.04 bits per heavy atom. The number of carbonyl (C=O) groups is 3. The van der Waals surface area contributed by atoms with E-state index in [1.165, 1.54) is 6.92 Å². The second-order valence-electron chi connectivity index (χ2n) is 7.18. The molecular formula is C19H27NO6. The highest BCUT2D eigenvalue weighted by Crippen LogP contribution is 2.27. The normalized spacial score (nSPS) is 34.0. The summed E-state index contributed by atoms with van der Waals surface area (Å²) in [6, 6.07) is 0. The lowest BCUT2D eigenvalue weighted by atomic mass is 9.85. The molecule has 2 bridgehead atoms. The fourth-order valence-corrected chi connectivity index (χ4v) is 2.92. The summed E-state index contributed by atoms with van der Waals surface area (Å²) in [5.41, 5.74) is -1.19. The number of cyclic esters (lactones) is 1. The van der Waals surface area contributed by atoms with Crippen LogP contribution in [0.25, 0.3) is 0 Å². The first-order valence-corrected chi connectivity index (χ1v) is 8.84. The molecule has 1 saturated heterocycles. The second kappa shape index (κ2) is 8.14. The highest BCUT2D eigenvalue weighted by molar-refractivity contribution is 6.01. The van der Waals surface area contributed by atoms with Crippen molar-refractivity contribution >= 4 is 17.7 Å². The van der Waals surface area contributed by atoms with Crippen LogP contribution in [0.5, 0.6) is 0 Å². The van der Waals surface area contributed by atoms with Gasteiger partial charge in [0.15, 0.2) is 11.7 Å². The van der Waals surface area contributed by atoms with Crippen molar-refractivity contribution in [3.8, 4) is 0 Å². The minimum absolute atomic E-state index is 0.140. The summed E-state index contributed by atoms with van der Waals surface area (Å²) in [4.78, 5) is 39.7. The third-order valence-corrected chi connectivity index (χ3v) is 5.15. The Hall–Kier alpha value is -1.99. The molecule has 2 rings (SSSR count). The lowest BCUT2D eigenvalue weighted by Crippen LogP contribution is -2.45. The fourth-order valence-electron chi connectivity index (χ4n) is 2.92. The molecule has 26 heavy (non-hydrogen) atoms. The standard InChI is InChI=1S/C19H27NO6/c1-5-13-10-12(2)19(3,24)18(23)25-11-14-6-8-20(4)9-7-15(16(14)21)26-17(13)22/h5-6,12,15,24H,7-11H2,1-4H3/b13-5+,14-6?/t12-,15-,19-/m1/s1. The maximum Gasteiger partial charge on any atom is 0.338 e. The molecule has 0 aromatic carbocycles. The molecule has 0 amide bonds. The number of esters is 2. The Morgan fingerprint density at radius 1 is 1.35 bits per heavy atom. The number of hydrogen-bond donors (Lipinski definition) is 1. The van der Waals surface area contributed by atoms with Gasteiger partial charge in [0, 0.05) is 30.7 Å². The summed E-state index contributed by atoms with van der Waals surface area (Å²) in [5.74, 6) is -2.32. The molecule has 0 spiro atoms. The van der Waals surface area contributed by atoms with E-state index in [0.29, 0.717) is 25.1 Å². The summed E-state index contributed by atoms with van der Waals surface area (Å²) < 4.78 is 10.7. The van der Waals surface area contributed by atoms with Gasteiger partial charge in [-0.1, -0.05) is 19.1 Å². The van der Waals surface area contributed by atoms with Gasteiger partial charge in [-0.15, -0.1) is 0 Å². The van der Waals surface area contributed by atoms with Crippen molar-refractivity contribution in [1.29, 1.82) is 0 Å². The molecule has 0 aromatic heterocycles. The van der Waals surface area contributed by atoms with E-state index in [0.717, 1.165) is 0 Å². The van der Waals surface area contributed by atoms with Gasteiger partial charge in [0.25, 0.3) is 0 Å². The molecule has 0 aliphatic carbocycles. The van der Waals surface area contributed by atoms with Gasteiger partial charge < -0.3 is 19.5 Å². The molecule has 1 N–H and O–H groups in total. The molecule has 7 nitrogen and oxygen atoms in total. The van der Waals surface area contributed by atoms with Crippen molar-refractivity contribution in [1.82, 2.24) is 4.90 Å². The molecule has 7 heteroatoms. The smallest absolute Gasteiger partial charge is 0.338 e. The Labute approximate surface area is 153 Å². The monoisotopic (exact) mass is 365 g/mol. The zero-order valence-electron chi connectivity index (χ0n) is 15.8. The summed E-state index contributed by atoms with van der Waals surface area (Å²) in [5, 5.41) is 10.6. The van der Waals surface area contributed by atoms with Crippen LogP contribution in [0.15, 0.2) is 23.3 Å². The molecule has 0 saturated carbocycles. The highest BCUT2D eigenvalue weighted by Gasteiger charge is 2.40. The SMILES string of the molecule is C/C=C1\C[C@@H](C)[C@@](C)(O)C(=O)OCC2=CCN(C)CC[C@@H](OC1=O)C2=O. The zero-order valence-corrected chi connectivity index (χ0v) is 15.8. The first-order valence-electron chi connectivity index (χ1n) is 8.84. The predicted molar refractivity (Wildman–Crippen MR) is 94.2 cm³/mol. The second-order valence-corrected chi connectivity index (χ2v) is 7.18. The van der Waals surface area contributed by atoms with Gasteiger partial charge in [-0.05, 0) is 33.2 Å². The van der Waals surface area contributed by atoms with Crippen LogP contribution in [0.2, 0.25) is 0 Å². The van der Waals surface area contributed by atoms with E-state index in [-0.39, 0.29) is 24.4 Å². The van der Waals surface area contributed by atoms with E-state index in [1.54, 1.807) is 26.0 Å². The number of carbonyl (C=O) groups excluding carboxylic acids is 3. The summed E-state index contributed by atoms with van der Waals surface area (Å²) in [7, 11) is 1.89. The maximum atomic E-state index is 12.8. The molecule has 2 aliphatic rings. The van der Waals surface area contributed by atoms with E-state index < -0.39 is 29.6 Å². The summed E-state index contributed by atoms with van der Waals surface area (Å²) >= 11 is 0. The van der Waals surface area contributed by atoms with Crippen LogP contribution in [-0.4, -0.2) is 66.2 Å². The fraction of sp³-hybridized carbons (Fsp3) is 0.632. The van der Waals surface area contributed by atoms with Crippen LogP contribution in [0.4, 0.5) is 0 Å². The number of nitrogens with zero attached hydrogens (tertiary/aromatic N) is 1. The number of fused-ring (bicyclic) bond motifs is 2. The summed E-state index contributed by atoms with van der Waals surface area (Å²) in [6.45, 7) is 5.58. The van der Waals surface area contributed by atoms with Gasteiger partial charge in [0.05, 0.1) is 0 Å². The van der Waals surface area contributed by atoms with Crippen molar-refractivity contribution in [3.05, 3.63) is 23.3 Å². The van der Waals surface area contributed by atoms with Gasteiger partial charge in [-0.25, -0.2) is 9.59 Å². The van der Waals surface area contributed by atoms with Gasteiger partial charge in [-0.3, -0.25) is 4.79 Å². The Morgan fingerprint density at radius 3 is 2.69 bits per heavy atom. The van der Waals surface area contributed by atoms with Crippen molar-refractivity contribution in [2.45, 2.75) is 45.3 Å². The first-order chi connectivity index (χ1) is 12.2. The molecule has 0 unspecified atom stereocenters. The van der Waals surface area contributed by atoms with E-state index in [1.807, 2.05) is 11.9 Å². The molecule has 3 atom stereocenters. The van der Waals surface area contributed by atoms with Gasteiger partial charge in [0.1, 0.15) is 6.61 Å². The van der Waals surface area contributed by atoms with Crippen molar-refractivity contribution in [2.24, 2.45) is 5.92 Å². The molecule has 144 valence electrons. The van der Waals surface area contributed by atoms with Gasteiger partial charge in [0.2, 0.25) is 5.78 Å². The largest absolute Gasteiger partial charge is 0.459 e. The Bertz CT molecular complexity index is 648. The molecule has 0 aromatic rings. The number of ether oxygens (including phenoxy) is 2. The third-order valence-electron chi connectivity index (χ3n) is 5.15. The van der Waals surface area contributed by atoms with Crippen molar-refractivity contribution < 1.29 is 29.0 Å². The quantitative estimate of drug-likeness (QED) is 0.506. The van der Waals surface area contributed by atoms with Crippen LogP contribution in [0, 0.1) is 5.92 Å². The van der Waals surface area contributed by atoms with E-state index in [4.69, 9.17) is 9.47 Å². The summed E-state index contributed by atoms with van der Waals surface area (Å²) in [6.07, 6.45) is 2.86. The lowest BCUT2D eigenvalue weighted by Gasteiger charge is -2.31.